The van der Waals surface area contributed by atoms with E-state index in [2.05, 4.69) is 9.71 Å². The maximum absolute atomic E-state index is 12.5. The third-order valence-corrected chi connectivity index (χ3v) is 4.56. The quantitative estimate of drug-likeness (QED) is 0.915. The van der Waals surface area contributed by atoms with Gasteiger partial charge in [-0.25, -0.2) is 8.42 Å². The third kappa shape index (κ3) is 3.65. The molecule has 1 aromatic heterocycles. The van der Waals surface area contributed by atoms with Crippen molar-refractivity contribution in [2.75, 3.05) is 11.3 Å². The predicted octanol–water partition coefficient (Wildman–Crippen LogP) is 3.24. The van der Waals surface area contributed by atoms with E-state index in [0.717, 1.165) is 5.56 Å². The van der Waals surface area contributed by atoms with Gasteiger partial charge in [0.15, 0.2) is 0 Å². The highest BCUT2D eigenvalue weighted by atomic mass is 35.5. The van der Waals surface area contributed by atoms with Crippen molar-refractivity contribution in [2.45, 2.75) is 18.7 Å². The number of halogens is 1. The van der Waals surface area contributed by atoms with Crippen molar-refractivity contribution in [1.82, 2.24) is 4.98 Å². The number of rotatable bonds is 5. The minimum Gasteiger partial charge on any atom is -0.492 e. The first-order valence-electron chi connectivity index (χ1n) is 6.30. The second kappa shape index (κ2) is 6.32. The van der Waals surface area contributed by atoms with Gasteiger partial charge in [-0.15, -0.1) is 0 Å². The lowest BCUT2D eigenvalue weighted by Gasteiger charge is -2.14. The normalized spacial score (nSPS) is 11.2. The van der Waals surface area contributed by atoms with Crippen molar-refractivity contribution in [3.63, 3.8) is 0 Å². The van der Waals surface area contributed by atoms with Crippen LogP contribution in [-0.4, -0.2) is 20.0 Å². The topological polar surface area (TPSA) is 68.3 Å². The number of ether oxygens (including phenoxy) is 1. The van der Waals surface area contributed by atoms with E-state index in [4.69, 9.17) is 16.3 Å². The van der Waals surface area contributed by atoms with Crippen molar-refractivity contribution in [2.24, 2.45) is 0 Å². The zero-order valence-electron chi connectivity index (χ0n) is 11.6. The smallest absolute Gasteiger partial charge is 0.265 e. The number of pyridine rings is 1. The maximum Gasteiger partial charge on any atom is 0.265 e. The summed E-state index contributed by atoms with van der Waals surface area (Å²) in [5.41, 5.74) is 1.17. The van der Waals surface area contributed by atoms with Crippen LogP contribution in [-0.2, 0) is 10.0 Å². The summed E-state index contributed by atoms with van der Waals surface area (Å²) in [6, 6.07) is 6.14. The summed E-state index contributed by atoms with van der Waals surface area (Å²) in [7, 11) is -3.79. The number of nitrogens with zero attached hydrogens (tertiary/aromatic N) is 1. The molecule has 0 unspecified atom stereocenters. The van der Waals surface area contributed by atoms with Gasteiger partial charge in [-0.05, 0) is 43.7 Å². The van der Waals surface area contributed by atoms with Gasteiger partial charge in [0.1, 0.15) is 10.6 Å². The van der Waals surface area contributed by atoms with Gasteiger partial charge in [0.25, 0.3) is 10.0 Å². The molecule has 0 aliphatic carbocycles. The van der Waals surface area contributed by atoms with Crippen LogP contribution in [0.3, 0.4) is 0 Å². The summed E-state index contributed by atoms with van der Waals surface area (Å²) < 4.78 is 32.9. The van der Waals surface area contributed by atoms with Gasteiger partial charge < -0.3 is 4.74 Å². The molecule has 0 radical (unpaired) electrons. The van der Waals surface area contributed by atoms with Gasteiger partial charge in [0.2, 0.25) is 0 Å². The molecular weight excluding hydrogens is 312 g/mol. The van der Waals surface area contributed by atoms with Crippen LogP contribution >= 0.6 is 11.6 Å². The van der Waals surface area contributed by atoms with Crippen LogP contribution in [0.2, 0.25) is 5.02 Å². The van der Waals surface area contributed by atoms with Crippen LogP contribution < -0.4 is 9.46 Å². The number of hydrogen-bond donors (Lipinski definition) is 1. The van der Waals surface area contributed by atoms with E-state index in [0.29, 0.717) is 17.3 Å². The number of anilines is 1. The van der Waals surface area contributed by atoms with E-state index in [9.17, 15) is 8.42 Å². The molecule has 0 saturated heterocycles. The van der Waals surface area contributed by atoms with E-state index >= 15 is 0 Å². The van der Waals surface area contributed by atoms with Crippen LogP contribution in [0.5, 0.6) is 5.75 Å². The first-order valence-corrected chi connectivity index (χ1v) is 8.16. The molecule has 1 N–H and O–H groups in total. The highest BCUT2D eigenvalue weighted by molar-refractivity contribution is 7.92. The Bertz CT molecular complexity index is 733. The lowest BCUT2D eigenvalue weighted by molar-refractivity contribution is 0.331. The van der Waals surface area contributed by atoms with Crippen molar-refractivity contribution >= 4 is 27.3 Å². The predicted molar refractivity (Wildman–Crippen MR) is 82.4 cm³/mol. The summed E-state index contributed by atoms with van der Waals surface area (Å²) >= 11 is 6.04. The molecule has 0 amide bonds. The molecule has 0 atom stereocenters. The van der Waals surface area contributed by atoms with Crippen molar-refractivity contribution in [1.29, 1.82) is 0 Å². The SMILES string of the molecule is CCOc1cc(C)c(Cl)cc1S(=O)(=O)Nc1ccncc1. The average Bonchev–Trinajstić information content (AvgIpc) is 2.43. The van der Waals surface area contributed by atoms with E-state index in [1.807, 2.05) is 0 Å². The summed E-state index contributed by atoms with van der Waals surface area (Å²) in [5, 5.41) is 0.369. The number of benzene rings is 1. The van der Waals surface area contributed by atoms with Crippen LogP contribution in [0.15, 0.2) is 41.6 Å². The average molecular weight is 327 g/mol. The van der Waals surface area contributed by atoms with Crippen molar-refractivity contribution < 1.29 is 13.2 Å². The fraction of sp³-hybridized carbons (Fsp3) is 0.214. The van der Waals surface area contributed by atoms with Gasteiger partial charge in [0.05, 0.1) is 12.3 Å². The summed E-state index contributed by atoms with van der Waals surface area (Å²) in [6.07, 6.45) is 3.01. The Morgan fingerprint density at radius 3 is 2.57 bits per heavy atom. The standard InChI is InChI=1S/C14H15ClN2O3S/c1-3-20-13-8-10(2)12(15)9-14(13)21(18,19)17-11-4-6-16-7-5-11/h4-9H,3H2,1-2H3,(H,16,17). The Kier molecular flexibility index (Phi) is 4.69. The fourth-order valence-electron chi connectivity index (χ4n) is 1.75. The van der Waals surface area contributed by atoms with Gasteiger partial charge in [-0.3, -0.25) is 9.71 Å². The monoisotopic (exact) mass is 326 g/mol. The molecule has 0 saturated carbocycles. The van der Waals surface area contributed by atoms with Gasteiger partial charge in [0, 0.05) is 17.4 Å². The first kappa shape index (κ1) is 15.6. The van der Waals surface area contributed by atoms with E-state index in [1.54, 1.807) is 32.0 Å². The highest BCUT2D eigenvalue weighted by Crippen LogP contribution is 2.31. The summed E-state index contributed by atoms with van der Waals surface area (Å²) in [4.78, 5) is 3.85. The Hall–Kier alpha value is -1.79. The van der Waals surface area contributed by atoms with E-state index < -0.39 is 10.0 Å². The van der Waals surface area contributed by atoms with Crippen molar-refractivity contribution in [3.05, 3.63) is 47.2 Å². The minimum absolute atomic E-state index is 0.0109. The molecule has 5 nitrogen and oxygen atoms in total. The van der Waals surface area contributed by atoms with E-state index in [1.165, 1.54) is 18.5 Å². The Balaban J connectivity index is 2.46. The zero-order valence-corrected chi connectivity index (χ0v) is 13.2. The van der Waals surface area contributed by atoms with Crippen LogP contribution in [0.1, 0.15) is 12.5 Å². The molecule has 21 heavy (non-hydrogen) atoms. The molecule has 2 aromatic rings. The lowest BCUT2D eigenvalue weighted by atomic mass is 10.2. The largest absolute Gasteiger partial charge is 0.492 e. The number of sulfonamides is 1. The zero-order chi connectivity index (χ0) is 15.5. The Morgan fingerprint density at radius 2 is 1.95 bits per heavy atom. The lowest BCUT2D eigenvalue weighted by Crippen LogP contribution is -2.14. The van der Waals surface area contributed by atoms with Crippen molar-refractivity contribution in [3.8, 4) is 5.75 Å². The summed E-state index contributed by atoms with van der Waals surface area (Å²) in [5.74, 6) is 0.279. The molecule has 1 aromatic carbocycles. The second-order valence-corrected chi connectivity index (χ2v) is 6.38. The molecule has 7 heteroatoms. The number of aryl methyl sites for hydroxylation is 1. The highest BCUT2D eigenvalue weighted by Gasteiger charge is 2.21. The third-order valence-electron chi connectivity index (χ3n) is 2.75. The molecule has 0 aliphatic heterocycles. The van der Waals surface area contributed by atoms with Gasteiger partial charge in [-0.1, -0.05) is 11.6 Å². The molecule has 0 spiro atoms. The first-order chi connectivity index (χ1) is 9.94. The Labute approximate surface area is 129 Å². The molecule has 112 valence electrons. The van der Waals surface area contributed by atoms with E-state index in [-0.39, 0.29) is 10.6 Å². The fourth-order valence-corrected chi connectivity index (χ4v) is 3.19. The van der Waals surface area contributed by atoms with Gasteiger partial charge in [-0.2, -0.15) is 0 Å². The number of aromatic nitrogens is 1. The van der Waals surface area contributed by atoms with Gasteiger partial charge >= 0.3 is 0 Å². The van der Waals surface area contributed by atoms with Crippen LogP contribution in [0.4, 0.5) is 5.69 Å². The molecule has 0 bridgehead atoms. The minimum atomic E-state index is -3.79. The maximum atomic E-state index is 12.5. The summed E-state index contributed by atoms with van der Waals surface area (Å²) in [6.45, 7) is 3.94. The van der Waals surface area contributed by atoms with Crippen LogP contribution in [0.25, 0.3) is 0 Å². The molecule has 2 rings (SSSR count). The molecule has 1 heterocycles. The molecule has 0 aliphatic rings. The van der Waals surface area contributed by atoms with Crippen LogP contribution in [0, 0.1) is 6.92 Å². The molecule has 0 fully saturated rings. The number of nitrogens with one attached hydrogen (secondary N) is 1. The molecular formula is C14H15ClN2O3S. The second-order valence-electron chi connectivity index (χ2n) is 4.32. The Morgan fingerprint density at radius 1 is 1.29 bits per heavy atom. The number of hydrogen-bond acceptors (Lipinski definition) is 4.